The molecule has 0 bridgehead atoms. The molecule has 1 aliphatic heterocycles. The second-order valence-electron chi connectivity index (χ2n) is 3.26. The molecule has 2 unspecified atom stereocenters. The van der Waals surface area contributed by atoms with Crippen molar-refractivity contribution in [1.29, 1.82) is 0 Å². The fourth-order valence-corrected chi connectivity index (χ4v) is 4.25. The van der Waals surface area contributed by atoms with Gasteiger partial charge in [0.2, 0.25) is 0 Å². The molecule has 2 rings (SSSR count). The van der Waals surface area contributed by atoms with Crippen molar-refractivity contribution in [3.63, 3.8) is 0 Å². The fraction of sp³-hybridized carbons (Fsp3) is 1.00. The van der Waals surface area contributed by atoms with E-state index >= 15 is 0 Å². The van der Waals surface area contributed by atoms with Crippen LogP contribution in [0.2, 0.25) is 0 Å². The van der Waals surface area contributed by atoms with E-state index in [4.69, 9.17) is 0 Å². The van der Waals surface area contributed by atoms with Crippen LogP contribution in [0.25, 0.3) is 0 Å². The van der Waals surface area contributed by atoms with Crippen LogP contribution >= 0.6 is 0 Å². The summed E-state index contributed by atoms with van der Waals surface area (Å²) >= 11 is 0. The van der Waals surface area contributed by atoms with E-state index in [1.54, 1.807) is 0 Å². The van der Waals surface area contributed by atoms with Gasteiger partial charge in [0, 0.05) is 0 Å². The van der Waals surface area contributed by atoms with E-state index in [9.17, 15) is 8.42 Å². The summed E-state index contributed by atoms with van der Waals surface area (Å²) in [7, 11) is -2.58. The summed E-state index contributed by atoms with van der Waals surface area (Å²) < 4.78 is 21.6. The fourth-order valence-electron chi connectivity index (χ4n) is 1.84. The summed E-state index contributed by atoms with van der Waals surface area (Å²) in [5.41, 5.74) is 0. The Morgan fingerprint density at radius 1 is 1.22 bits per heavy atom. The van der Waals surface area contributed by atoms with Gasteiger partial charge in [-0.3, -0.25) is 0 Å². The molecule has 1 heterocycles. The van der Waals surface area contributed by atoms with Crippen molar-refractivity contribution in [1.82, 2.24) is 0 Å². The summed E-state index contributed by atoms with van der Waals surface area (Å²) in [4.78, 5) is 0. The van der Waals surface area contributed by atoms with Crippen LogP contribution in [-0.2, 0) is 9.84 Å². The Labute approximate surface area is 55.2 Å². The smallest absolute Gasteiger partial charge is 0.150 e. The van der Waals surface area contributed by atoms with Crippen LogP contribution in [0.5, 0.6) is 0 Å². The Balaban J connectivity index is 2.21. The van der Waals surface area contributed by atoms with Crippen LogP contribution in [0.15, 0.2) is 0 Å². The monoisotopic (exact) mass is 146 g/mol. The van der Waals surface area contributed by atoms with Crippen molar-refractivity contribution in [3.05, 3.63) is 0 Å². The minimum absolute atomic E-state index is 0.471. The van der Waals surface area contributed by atoms with Crippen molar-refractivity contribution in [2.24, 2.45) is 17.8 Å². The van der Waals surface area contributed by atoms with E-state index in [0.717, 1.165) is 0 Å². The maximum Gasteiger partial charge on any atom is 0.150 e. The molecule has 2 nitrogen and oxygen atoms in total. The first-order valence-corrected chi connectivity index (χ1v) is 5.13. The molecule has 0 N–H and O–H groups in total. The van der Waals surface area contributed by atoms with E-state index < -0.39 is 9.84 Å². The third kappa shape index (κ3) is 0.707. The molecule has 2 aliphatic rings. The SMILES string of the molecule is CC1C2CS(=O)(=O)CC12. The summed E-state index contributed by atoms with van der Waals surface area (Å²) in [5.74, 6) is 2.72. The normalized spacial score (nSPS) is 52.8. The second kappa shape index (κ2) is 1.34. The predicted octanol–water partition coefficient (Wildman–Crippen LogP) is 0.297. The zero-order chi connectivity index (χ0) is 6.65. The van der Waals surface area contributed by atoms with Crippen LogP contribution in [0.4, 0.5) is 0 Å². The topological polar surface area (TPSA) is 34.1 Å². The lowest BCUT2D eigenvalue weighted by molar-refractivity contribution is 0.592. The number of fused-ring (bicyclic) bond motifs is 1. The summed E-state index contributed by atoms with van der Waals surface area (Å²) in [5, 5.41) is 0. The van der Waals surface area contributed by atoms with Gasteiger partial charge in [0.1, 0.15) is 0 Å². The Kier molecular flexibility index (Phi) is 0.849. The highest BCUT2D eigenvalue weighted by atomic mass is 32.2. The third-order valence-electron chi connectivity index (χ3n) is 2.65. The molecule has 0 aromatic carbocycles. The first-order chi connectivity index (χ1) is 4.10. The first-order valence-electron chi connectivity index (χ1n) is 3.30. The van der Waals surface area contributed by atoms with Crippen molar-refractivity contribution in [3.8, 4) is 0 Å². The van der Waals surface area contributed by atoms with Crippen molar-refractivity contribution < 1.29 is 8.42 Å². The number of sulfone groups is 1. The molecule has 9 heavy (non-hydrogen) atoms. The van der Waals surface area contributed by atoms with Crippen LogP contribution in [0.3, 0.4) is 0 Å². The summed E-state index contributed by atoms with van der Waals surface area (Å²) in [6.07, 6.45) is 0. The highest BCUT2D eigenvalue weighted by Gasteiger charge is 2.55. The van der Waals surface area contributed by atoms with Gasteiger partial charge in [-0.2, -0.15) is 0 Å². The standard InChI is InChI=1S/C6H10O2S/c1-4-5-2-9(7,8)3-6(4)5/h4-6H,2-3H2,1H3. The van der Waals surface area contributed by atoms with Crippen LogP contribution in [0, 0.1) is 17.8 Å². The molecular weight excluding hydrogens is 136 g/mol. The minimum Gasteiger partial charge on any atom is -0.229 e. The largest absolute Gasteiger partial charge is 0.229 e. The van der Waals surface area contributed by atoms with E-state index in [2.05, 4.69) is 6.92 Å². The lowest BCUT2D eigenvalue weighted by Crippen LogP contribution is -2.08. The van der Waals surface area contributed by atoms with Gasteiger partial charge in [0.25, 0.3) is 0 Å². The van der Waals surface area contributed by atoms with Gasteiger partial charge in [-0.15, -0.1) is 0 Å². The first kappa shape index (κ1) is 5.71. The van der Waals surface area contributed by atoms with E-state index in [0.29, 0.717) is 29.3 Å². The van der Waals surface area contributed by atoms with Crippen LogP contribution in [-0.4, -0.2) is 19.9 Å². The second-order valence-corrected chi connectivity index (χ2v) is 5.42. The molecule has 2 fully saturated rings. The number of hydrogen-bond donors (Lipinski definition) is 0. The highest BCUT2D eigenvalue weighted by molar-refractivity contribution is 7.91. The van der Waals surface area contributed by atoms with Gasteiger partial charge in [-0.05, 0) is 17.8 Å². The Morgan fingerprint density at radius 2 is 1.67 bits per heavy atom. The molecule has 1 saturated heterocycles. The van der Waals surface area contributed by atoms with Crippen molar-refractivity contribution in [2.45, 2.75) is 6.92 Å². The minimum atomic E-state index is -2.58. The molecule has 0 radical (unpaired) electrons. The zero-order valence-electron chi connectivity index (χ0n) is 5.37. The van der Waals surface area contributed by atoms with Gasteiger partial charge in [-0.25, -0.2) is 8.42 Å². The molecule has 1 aliphatic carbocycles. The van der Waals surface area contributed by atoms with Gasteiger partial charge in [0.05, 0.1) is 11.5 Å². The lowest BCUT2D eigenvalue weighted by atomic mass is 10.4. The lowest BCUT2D eigenvalue weighted by Gasteiger charge is -1.94. The average molecular weight is 146 g/mol. The van der Waals surface area contributed by atoms with Crippen molar-refractivity contribution in [2.75, 3.05) is 11.5 Å². The molecule has 2 atom stereocenters. The van der Waals surface area contributed by atoms with Gasteiger partial charge in [-0.1, -0.05) is 6.92 Å². The van der Waals surface area contributed by atoms with Gasteiger partial charge >= 0.3 is 0 Å². The average Bonchev–Trinajstić information content (AvgIpc) is 2.26. The molecule has 3 heteroatoms. The number of rotatable bonds is 0. The van der Waals surface area contributed by atoms with E-state index in [1.165, 1.54) is 0 Å². The van der Waals surface area contributed by atoms with E-state index in [-0.39, 0.29) is 0 Å². The maximum absolute atomic E-state index is 10.8. The zero-order valence-corrected chi connectivity index (χ0v) is 6.19. The molecule has 0 amide bonds. The summed E-state index contributed by atoms with van der Waals surface area (Å²) in [6.45, 7) is 2.14. The Morgan fingerprint density at radius 3 is 2.00 bits per heavy atom. The molecule has 0 spiro atoms. The molecule has 0 aromatic rings. The molecule has 1 saturated carbocycles. The van der Waals surface area contributed by atoms with Crippen LogP contribution in [0.1, 0.15) is 6.92 Å². The van der Waals surface area contributed by atoms with Crippen LogP contribution < -0.4 is 0 Å². The highest BCUT2D eigenvalue weighted by Crippen LogP contribution is 2.52. The molecule has 52 valence electrons. The third-order valence-corrected chi connectivity index (χ3v) is 4.44. The Bertz CT molecular complexity index is 211. The molecular formula is C6H10O2S. The Hall–Kier alpha value is -0.0500. The molecule has 0 aromatic heterocycles. The number of hydrogen-bond acceptors (Lipinski definition) is 2. The van der Waals surface area contributed by atoms with Gasteiger partial charge in [0.15, 0.2) is 9.84 Å². The predicted molar refractivity (Wildman–Crippen MR) is 34.8 cm³/mol. The van der Waals surface area contributed by atoms with Gasteiger partial charge < -0.3 is 0 Å². The van der Waals surface area contributed by atoms with E-state index in [1.807, 2.05) is 0 Å². The quantitative estimate of drug-likeness (QED) is 0.492. The summed E-state index contributed by atoms with van der Waals surface area (Å²) in [6, 6.07) is 0. The maximum atomic E-state index is 10.8. The van der Waals surface area contributed by atoms with Crippen molar-refractivity contribution >= 4 is 9.84 Å².